The third kappa shape index (κ3) is 5.13. The van der Waals surface area contributed by atoms with Gasteiger partial charge in [-0.05, 0) is 29.2 Å². The van der Waals surface area contributed by atoms with E-state index >= 15 is 0 Å². The van der Waals surface area contributed by atoms with Crippen LogP contribution >= 0.6 is 23.6 Å². The van der Waals surface area contributed by atoms with Gasteiger partial charge in [-0.2, -0.15) is 5.10 Å². The van der Waals surface area contributed by atoms with Crippen LogP contribution in [0.15, 0.2) is 53.9 Å². The molecule has 1 amide bonds. The fourth-order valence-corrected chi connectivity index (χ4v) is 4.51. The van der Waals surface area contributed by atoms with Gasteiger partial charge in [0, 0.05) is 45.7 Å². The van der Waals surface area contributed by atoms with E-state index in [-0.39, 0.29) is 5.91 Å². The molecule has 0 unspecified atom stereocenters. The molecule has 4 rings (SSSR count). The summed E-state index contributed by atoms with van der Waals surface area (Å²) in [6.45, 7) is 4.79. The van der Waals surface area contributed by atoms with Crippen LogP contribution in [-0.2, 0) is 11.3 Å². The molecule has 3 heterocycles. The maximum atomic E-state index is 12.7. The van der Waals surface area contributed by atoms with Crippen molar-refractivity contribution in [2.24, 2.45) is 0 Å². The number of benzene rings is 1. The number of hydrogen-bond acceptors (Lipinski definition) is 5. The molecular weight excluding hydrogens is 414 g/mol. The van der Waals surface area contributed by atoms with Gasteiger partial charge < -0.3 is 4.90 Å². The highest BCUT2D eigenvalue weighted by molar-refractivity contribution is 7.71. The zero-order valence-corrected chi connectivity index (χ0v) is 18.4. The van der Waals surface area contributed by atoms with Crippen molar-refractivity contribution < 1.29 is 4.79 Å². The summed E-state index contributed by atoms with van der Waals surface area (Å²) >= 11 is 6.97. The van der Waals surface area contributed by atoms with Crippen molar-refractivity contribution in [1.82, 2.24) is 24.6 Å². The van der Waals surface area contributed by atoms with Gasteiger partial charge in [0.1, 0.15) is 0 Å². The number of H-pyrrole nitrogens is 1. The third-order valence-corrected chi connectivity index (χ3v) is 6.43. The quantitative estimate of drug-likeness (QED) is 0.567. The zero-order chi connectivity index (χ0) is 20.8. The van der Waals surface area contributed by atoms with E-state index < -0.39 is 0 Å². The molecule has 6 nitrogen and oxygen atoms in total. The molecule has 1 aliphatic rings. The van der Waals surface area contributed by atoms with E-state index in [1.54, 1.807) is 11.3 Å². The topological polar surface area (TPSA) is 57.2 Å². The van der Waals surface area contributed by atoms with Crippen LogP contribution < -0.4 is 0 Å². The molecule has 0 atom stereocenters. The summed E-state index contributed by atoms with van der Waals surface area (Å²) in [6, 6.07) is 14.3. The van der Waals surface area contributed by atoms with Crippen molar-refractivity contribution in [3.05, 3.63) is 64.3 Å². The highest BCUT2D eigenvalue weighted by Crippen LogP contribution is 2.23. The first-order chi connectivity index (χ1) is 14.7. The summed E-state index contributed by atoms with van der Waals surface area (Å²) in [5.74, 6) is 0.979. The van der Waals surface area contributed by atoms with Crippen LogP contribution in [0.1, 0.15) is 12.0 Å². The minimum absolute atomic E-state index is 0.176. The summed E-state index contributed by atoms with van der Waals surface area (Å²) < 4.78 is 2.48. The number of hydrogen-bond donors (Lipinski definition) is 1. The average molecular weight is 440 g/mol. The number of rotatable bonds is 7. The lowest BCUT2D eigenvalue weighted by Crippen LogP contribution is -2.48. The van der Waals surface area contributed by atoms with Crippen LogP contribution in [0, 0.1) is 4.77 Å². The number of aromatic nitrogens is 3. The molecule has 1 aromatic carbocycles. The molecule has 0 radical (unpaired) electrons. The monoisotopic (exact) mass is 439 g/mol. The number of carbonyl (C=O) groups is 1. The van der Waals surface area contributed by atoms with Gasteiger partial charge in [-0.25, -0.2) is 0 Å². The van der Waals surface area contributed by atoms with Crippen molar-refractivity contribution in [3.8, 4) is 10.7 Å². The largest absolute Gasteiger partial charge is 0.340 e. The first kappa shape index (κ1) is 20.7. The number of amides is 1. The van der Waals surface area contributed by atoms with Crippen LogP contribution in [0.4, 0.5) is 0 Å². The second kappa shape index (κ2) is 9.97. The van der Waals surface area contributed by atoms with Crippen LogP contribution in [0.5, 0.6) is 0 Å². The molecule has 0 saturated carbocycles. The van der Waals surface area contributed by atoms with Gasteiger partial charge in [-0.15, -0.1) is 11.3 Å². The summed E-state index contributed by atoms with van der Waals surface area (Å²) in [5.41, 5.74) is 1.21. The molecule has 0 spiro atoms. The first-order valence-electron chi connectivity index (χ1n) is 10.1. The third-order valence-electron chi connectivity index (χ3n) is 5.25. The molecule has 2 aromatic heterocycles. The molecular formula is C22H25N5OS2. The number of aromatic amines is 1. The molecule has 8 heteroatoms. The average Bonchev–Trinajstić information content (AvgIpc) is 3.43. The predicted molar refractivity (Wildman–Crippen MR) is 124 cm³/mol. The van der Waals surface area contributed by atoms with E-state index in [1.165, 1.54) is 5.56 Å². The van der Waals surface area contributed by atoms with Crippen molar-refractivity contribution in [2.45, 2.75) is 13.0 Å². The van der Waals surface area contributed by atoms with Crippen LogP contribution in [0.25, 0.3) is 16.8 Å². The van der Waals surface area contributed by atoms with Gasteiger partial charge in [0.05, 0.1) is 4.88 Å². The summed E-state index contributed by atoms with van der Waals surface area (Å²) in [4.78, 5) is 18.1. The second-order valence-corrected chi connectivity index (χ2v) is 8.56. The van der Waals surface area contributed by atoms with E-state index in [1.807, 2.05) is 45.2 Å². The SMILES string of the molecule is O=C(CCn1c(-c2cccs2)n[nH]c1=S)N1CCN(C/C=C/c2ccccc2)CC1. The Hall–Kier alpha value is -2.55. The van der Waals surface area contributed by atoms with Gasteiger partial charge in [0.15, 0.2) is 10.6 Å². The Balaban J connectivity index is 1.25. The van der Waals surface area contributed by atoms with E-state index in [9.17, 15) is 4.79 Å². The van der Waals surface area contributed by atoms with Crippen molar-refractivity contribution in [3.63, 3.8) is 0 Å². The maximum Gasteiger partial charge on any atom is 0.224 e. The molecule has 30 heavy (non-hydrogen) atoms. The van der Waals surface area contributed by atoms with Gasteiger partial charge in [-0.3, -0.25) is 19.4 Å². The lowest BCUT2D eigenvalue weighted by Gasteiger charge is -2.34. The Labute approximate surface area is 185 Å². The predicted octanol–water partition coefficient (Wildman–Crippen LogP) is 3.92. The highest BCUT2D eigenvalue weighted by atomic mass is 32.1. The number of piperazine rings is 1. The van der Waals surface area contributed by atoms with E-state index in [0.717, 1.165) is 43.4 Å². The lowest BCUT2D eigenvalue weighted by molar-refractivity contribution is -0.133. The Morgan fingerprint density at radius 1 is 1.13 bits per heavy atom. The first-order valence-corrected chi connectivity index (χ1v) is 11.4. The number of carbonyl (C=O) groups excluding carboxylic acids is 1. The van der Waals surface area contributed by atoms with E-state index in [0.29, 0.717) is 17.7 Å². The maximum absolute atomic E-state index is 12.7. The Bertz CT molecular complexity index is 1030. The Morgan fingerprint density at radius 2 is 1.93 bits per heavy atom. The van der Waals surface area contributed by atoms with Crippen molar-refractivity contribution >= 4 is 35.5 Å². The summed E-state index contributed by atoms with van der Waals surface area (Å²) in [5, 5.41) is 9.19. The Kier molecular flexibility index (Phi) is 6.88. The summed E-state index contributed by atoms with van der Waals surface area (Å²) in [6.07, 6.45) is 4.77. The smallest absolute Gasteiger partial charge is 0.224 e. The van der Waals surface area contributed by atoms with E-state index in [4.69, 9.17) is 12.2 Å². The molecule has 0 bridgehead atoms. The van der Waals surface area contributed by atoms with Gasteiger partial charge in [0.25, 0.3) is 0 Å². The standard InChI is InChI=1S/C22H25N5OS2/c28-20(10-12-27-21(23-24-22(27)29)19-9-5-17-30-19)26-15-13-25(14-16-26)11-4-8-18-6-2-1-3-7-18/h1-9,17H,10-16H2,(H,24,29)/b8-4+. The Morgan fingerprint density at radius 3 is 2.67 bits per heavy atom. The molecule has 3 aromatic rings. The molecule has 1 N–H and O–H groups in total. The molecule has 1 fully saturated rings. The van der Waals surface area contributed by atoms with Crippen LogP contribution in [0.2, 0.25) is 0 Å². The summed E-state index contributed by atoms with van der Waals surface area (Å²) in [7, 11) is 0. The highest BCUT2D eigenvalue weighted by Gasteiger charge is 2.21. The molecule has 0 aliphatic carbocycles. The second-order valence-electron chi connectivity index (χ2n) is 7.23. The number of nitrogens with one attached hydrogen (secondary N) is 1. The van der Waals surface area contributed by atoms with Gasteiger partial charge in [0.2, 0.25) is 5.91 Å². The van der Waals surface area contributed by atoms with E-state index in [2.05, 4.69) is 39.4 Å². The zero-order valence-electron chi connectivity index (χ0n) is 16.7. The van der Waals surface area contributed by atoms with Crippen molar-refractivity contribution in [2.75, 3.05) is 32.7 Å². The minimum atomic E-state index is 0.176. The number of nitrogens with zero attached hydrogens (tertiary/aromatic N) is 4. The molecule has 1 saturated heterocycles. The van der Waals surface area contributed by atoms with Crippen molar-refractivity contribution in [1.29, 1.82) is 0 Å². The normalized spacial score (nSPS) is 15.1. The number of thiophene rings is 1. The fourth-order valence-electron chi connectivity index (χ4n) is 3.57. The van der Waals surface area contributed by atoms with Crippen LogP contribution in [-0.4, -0.2) is 63.2 Å². The van der Waals surface area contributed by atoms with Crippen LogP contribution in [0.3, 0.4) is 0 Å². The van der Waals surface area contributed by atoms with Gasteiger partial charge in [-0.1, -0.05) is 48.6 Å². The molecule has 156 valence electrons. The van der Waals surface area contributed by atoms with Gasteiger partial charge >= 0.3 is 0 Å². The molecule has 1 aliphatic heterocycles. The lowest BCUT2D eigenvalue weighted by atomic mass is 10.2. The minimum Gasteiger partial charge on any atom is -0.340 e. The fraction of sp³-hybridized carbons (Fsp3) is 0.318.